The first-order chi connectivity index (χ1) is 8.84. The second kappa shape index (κ2) is 4.79. The number of ether oxygens (including phenoxy) is 1. The van der Waals surface area contributed by atoms with E-state index in [4.69, 9.17) is 10.5 Å². The standard InChI is InChI=1S/C13H9F4NO/c14-9-5-10(18)7-12(6-9)19-11-3-1-8(2-4-11)13(15,16)17/h1-7H,18H2. The summed E-state index contributed by atoms with van der Waals surface area (Å²) in [7, 11) is 0. The van der Waals surface area contributed by atoms with Gasteiger partial charge < -0.3 is 10.5 Å². The van der Waals surface area contributed by atoms with E-state index in [1.165, 1.54) is 6.07 Å². The Bertz CT molecular complexity index is 558. The summed E-state index contributed by atoms with van der Waals surface area (Å²) < 4.78 is 55.3. The van der Waals surface area contributed by atoms with Gasteiger partial charge in [-0.05, 0) is 30.3 Å². The van der Waals surface area contributed by atoms with Crippen molar-refractivity contribution in [2.24, 2.45) is 0 Å². The third-order valence-electron chi connectivity index (χ3n) is 2.31. The monoisotopic (exact) mass is 271 g/mol. The minimum atomic E-state index is -4.40. The van der Waals surface area contributed by atoms with Gasteiger partial charge in [0.05, 0.1) is 5.56 Å². The average Bonchev–Trinajstić information content (AvgIpc) is 2.26. The lowest BCUT2D eigenvalue weighted by atomic mass is 10.2. The molecule has 2 N–H and O–H groups in total. The maximum atomic E-state index is 13.0. The Balaban J connectivity index is 2.20. The summed E-state index contributed by atoms with van der Waals surface area (Å²) in [6.45, 7) is 0. The number of benzene rings is 2. The van der Waals surface area contributed by atoms with Crippen LogP contribution < -0.4 is 10.5 Å². The smallest absolute Gasteiger partial charge is 0.416 e. The fourth-order valence-corrected chi connectivity index (χ4v) is 1.49. The minimum Gasteiger partial charge on any atom is -0.457 e. The van der Waals surface area contributed by atoms with E-state index in [2.05, 4.69) is 0 Å². The van der Waals surface area contributed by atoms with Crippen molar-refractivity contribution in [3.8, 4) is 11.5 Å². The largest absolute Gasteiger partial charge is 0.457 e. The van der Waals surface area contributed by atoms with E-state index in [0.717, 1.165) is 36.4 Å². The van der Waals surface area contributed by atoms with Crippen LogP contribution in [0.1, 0.15) is 5.56 Å². The molecule has 0 spiro atoms. The van der Waals surface area contributed by atoms with Gasteiger partial charge >= 0.3 is 6.18 Å². The van der Waals surface area contributed by atoms with E-state index in [-0.39, 0.29) is 17.2 Å². The highest BCUT2D eigenvalue weighted by atomic mass is 19.4. The summed E-state index contributed by atoms with van der Waals surface area (Å²) in [5.74, 6) is -0.294. The van der Waals surface area contributed by atoms with Gasteiger partial charge in [-0.2, -0.15) is 13.2 Å². The summed E-state index contributed by atoms with van der Waals surface area (Å²) in [6.07, 6.45) is -4.40. The molecule has 2 nitrogen and oxygen atoms in total. The lowest BCUT2D eigenvalue weighted by molar-refractivity contribution is -0.137. The van der Waals surface area contributed by atoms with Crippen LogP contribution in [-0.4, -0.2) is 0 Å². The quantitative estimate of drug-likeness (QED) is 0.655. The summed E-state index contributed by atoms with van der Waals surface area (Å²) in [6, 6.07) is 7.66. The molecule has 0 fully saturated rings. The average molecular weight is 271 g/mol. The predicted molar refractivity (Wildman–Crippen MR) is 62.3 cm³/mol. The molecule has 0 aliphatic heterocycles. The lowest BCUT2D eigenvalue weighted by Gasteiger charge is -2.09. The molecule has 2 rings (SSSR count). The Kier molecular flexibility index (Phi) is 3.33. The molecule has 0 aliphatic carbocycles. The Morgan fingerprint density at radius 2 is 1.53 bits per heavy atom. The number of rotatable bonds is 2. The lowest BCUT2D eigenvalue weighted by Crippen LogP contribution is -2.04. The Morgan fingerprint density at radius 1 is 0.895 bits per heavy atom. The summed E-state index contributed by atoms with van der Waals surface area (Å²) in [5, 5.41) is 0. The van der Waals surface area contributed by atoms with Crippen molar-refractivity contribution in [3.63, 3.8) is 0 Å². The fourth-order valence-electron chi connectivity index (χ4n) is 1.49. The molecule has 0 unspecified atom stereocenters. The summed E-state index contributed by atoms with van der Waals surface area (Å²) in [5.41, 5.74) is 4.81. The fraction of sp³-hybridized carbons (Fsp3) is 0.0769. The number of alkyl halides is 3. The van der Waals surface area contributed by atoms with Crippen molar-refractivity contribution in [1.29, 1.82) is 0 Å². The molecule has 0 bridgehead atoms. The number of halogens is 4. The third-order valence-corrected chi connectivity index (χ3v) is 2.31. The first kappa shape index (κ1) is 13.2. The molecule has 6 heteroatoms. The number of hydrogen-bond donors (Lipinski definition) is 1. The second-order valence-corrected chi connectivity index (χ2v) is 3.84. The molecule has 0 heterocycles. The van der Waals surface area contributed by atoms with Crippen molar-refractivity contribution in [2.75, 3.05) is 5.73 Å². The number of nitrogens with two attached hydrogens (primary N) is 1. The van der Waals surface area contributed by atoms with Crippen LogP contribution in [0.5, 0.6) is 11.5 Å². The van der Waals surface area contributed by atoms with Crippen LogP contribution >= 0.6 is 0 Å². The van der Waals surface area contributed by atoms with Crippen molar-refractivity contribution < 1.29 is 22.3 Å². The highest BCUT2D eigenvalue weighted by Gasteiger charge is 2.30. The van der Waals surface area contributed by atoms with Crippen LogP contribution in [-0.2, 0) is 6.18 Å². The molecule has 0 amide bonds. The number of hydrogen-bond acceptors (Lipinski definition) is 2. The zero-order valence-corrected chi connectivity index (χ0v) is 9.54. The van der Waals surface area contributed by atoms with Gasteiger partial charge in [0.15, 0.2) is 0 Å². The normalized spacial score (nSPS) is 11.4. The first-order valence-corrected chi connectivity index (χ1v) is 5.26. The molecule has 19 heavy (non-hydrogen) atoms. The molecular weight excluding hydrogens is 262 g/mol. The summed E-state index contributed by atoms with van der Waals surface area (Å²) in [4.78, 5) is 0. The van der Waals surface area contributed by atoms with Gasteiger partial charge in [0.25, 0.3) is 0 Å². The number of nitrogen functional groups attached to an aromatic ring is 1. The van der Waals surface area contributed by atoms with E-state index in [0.29, 0.717) is 0 Å². The molecule has 0 aromatic heterocycles. The van der Waals surface area contributed by atoms with Gasteiger partial charge in [-0.25, -0.2) is 4.39 Å². The molecule has 2 aromatic rings. The SMILES string of the molecule is Nc1cc(F)cc(Oc2ccc(C(F)(F)F)cc2)c1. The van der Waals surface area contributed by atoms with Gasteiger partial charge in [-0.3, -0.25) is 0 Å². The van der Waals surface area contributed by atoms with Gasteiger partial charge in [0.1, 0.15) is 17.3 Å². The third kappa shape index (κ3) is 3.37. The highest BCUT2D eigenvalue weighted by Crippen LogP contribution is 2.31. The van der Waals surface area contributed by atoms with Crippen LogP contribution in [0.2, 0.25) is 0 Å². The van der Waals surface area contributed by atoms with E-state index < -0.39 is 17.6 Å². The molecule has 100 valence electrons. The van der Waals surface area contributed by atoms with Gasteiger partial charge in [-0.15, -0.1) is 0 Å². The van der Waals surface area contributed by atoms with Crippen molar-refractivity contribution in [2.45, 2.75) is 6.18 Å². The van der Waals surface area contributed by atoms with E-state index in [9.17, 15) is 17.6 Å². The molecule has 2 aromatic carbocycles. The molecule has 0 atom stereocenters. The van der Waals surface area contributed by atoms with E-state index >= 15 is 0 Å². The van der Waals surface area contributed by atoms with E-state index in [1.54, 1.807) is 0 Å². The highest BCUT2D eigenvalue weighted by molar-refractivity contribution is 5.46. The molecular formula is C13H9F4NO. The Labute approximate surface area is 106 Å². The second-order valence-electron chi connectivity index (χ2n) is 3.84. The van der Waals surface area contributed by atoms with Gasteiger partial charge in [0.2, 0.25) is 0 Å². The minimum absolute atomic E-state index is 0.122. The Hall–Kier alpha value is -2.24. The van der Waals surface area contributed by atoms with Crippen molar-refractivity contribution in [1.82, 2.24) is 0 Å². The van der Waals surface area contributed by atoms with Crippen LogP contribution in [0, 0.1) is 5.82 Å². The molecule has 0 aliphatic rings. The molecule has 0 radical (unpaired) electrons. The maximum Gasteiger partial charge on any atom is 0.416 e. The van der Waals surface area contributed by atoms with Crippen LogP contribution in [0.4, 0.5) is 23.2 Å². The van der Waals surface area contributed by atoms with Crippen molar-refractivity contribution >= 4 is 5.69 Å². The molecule has 0 saturated carbocycles. The van der Waals surface area contributed by atoms with Crippen LogP contribution in [0.25, 0.3) is 0 Å². The predicted octanol–water partition coefficient (Wildman–Crippen LogP) is 4.22. The number of anilines is 1. The van der Waals surface area contributed by atoms with Gasteiger partial charge in [0, 0.05) is 17.8 Å². The zero-order chi connectivity index (χ0) is 14.0. The summed E-state index contributed by atoms with van der Waals surface area (Å²) >= 11 is 0. The first-order valence-electron chi connectivity index (χ1n) is 5.26. The zero-order valence-electron chi connectivity index (χ0n) is 9.54. The maximum absolute atomic E-state index is 13.0. The van der Waals surface area contributed by atoms with Crippen LogP contribution in [0.15, 0.2) is 42.5 Å². The topological polar surface area (TPSA) is 35.2 Å². The van der Waals surface area contributed by atoms with Crippen molar-refractivity contribution in [3.05, 3.63) is 53.8 Å². The molecule has 0 saturated heterocycles. The van der Waals surface area contributed by atoms with Crippen LogP contribution in [0.3, 0.4) is 0 Å². The van der Waals surface area contributed by atoms with Gasteiger partial charge in [-0.1, -0.05) is 0 Å². The van der Waals surface area contributed by atoms with E-state index in [1.807, 2.05) is 0 Å². The Morgan fingerprint density at radius 3 is 2.05 bits per heavy atom.